The van der Waals surface area contributed by atoms with Crippen molar-refractivity contribution in [3.05, 3.63) is 22.2 Å². The summed E-state index contributed by atoms with van der Waals surface area (Å²) in [6.45, 7) is 4.40. The van der Waals surface area contributed by atoms with Gasteiger partial charge in [0.25, 0.3) is 5.69 Å². The van der Waals surface area contributed by atoms with Crippen LogP contribution in [-0.4, -0.2) is 42.8 Å². The van der Waals surface area contributed by atoms with Crippen molar-refractivity contribution in [2.45, 2.75) is 32.3 Å². The minimum Gasteiger partial charge on any atom is -0.381 e. The fourth-order valence-corrected chi connectivity index (χ4v) is 2.43. The van der Waals surface area contributed by atoms with Gasteiger partial charge in [-0.25, -0.2) is 4.98 Å². The van der Waals surface area contributed by atoms with E-state index >= 15 is 0 Å². The van der Waals surface area contributed by atoms with Crippen molar-refractivity contribution >= 4 is 17.3 Å². The fourth-order valence-electron chi connectivity index (χ4n) is 2.43. The highest BCUT2D eigenvalue weighted by Gasteiger charge is 2.22. The van der Waals surface area contributed by atoms with Gasteiger partial charge in [0.05, 0.1) is 23.2 Å². The van der Waals surface area contributed by atoms with Gasteiger partial charge in [0.2, 0.25) is 0 Å². The zero-order valence-corrected chi connectivity index (χ0v) is 12.5. The first-order chi connectivity index (χ1) is 10.1. The van der Waals surface area contributed by atoms with Gasteiger partial charge in [0, 0.05) is 26.7 Å². The van der Waals surface area contributed by atoms with Crippen molar-refractivity contribution in [3.8, 4) is 0 Å². The van der Waals surface area contributed by atoms with Gasteiger partial charge in [-0.05, 0) is 19.3 Å². The van der Waals surface area contributed by atoms with Crippen molar-refractivity contribution in [2.75, 3.05) is 37.0 Å². The Morgan fingerprint density at radius 2 is 2.19 bits per heavy atom. The maximum atomic E-state index is 11.1. The molecule has 1 aromatic rings. The molecule has 0 atom stereocenters. The number of hydrogen-bond donors (Lipinski definition) is 1. The molecule has 1 aliphatic heterocycles. The minimum atomic E-state index is -0.371. The molecule has 1 fully saturated rings. The van der Waals surface area contributed by atoms with Crippen molar-refractivity contribution in [2.24, 2.45) is 0 Å². The molecular formula is C14H22N4O3. The number of ether oxygens (including phenoxy) is 1. The predicted octanol–water partition coefficient (Wildman–Crippen LogP) is 2.43. The smallest absolute Gasteiger partial charge is 0.276 e. The Labute approximate surface area is 124 Å². The maximum Gasteiger partial charge on any atom is 0.276 e. The van der Waals surface area contributed by atoms with E-state index in [1.165, 1.54) is 6.07 Å². The second kappa shape index (κ2) is 7.21. The molecule has 0 amide bonds. The highest BCUT2D eigenvalue weighted by Crippen LogP contribution is 2.26. The Morgan fingerprint density at radius 3 is 2.76 bits per heavy atom. The molecule has 1 saturated heterocycles. The third-order valence-electron chi connectivity index (χ3n) is 3.66. The Balaban J connectivity index is 2.17. The summed E-state index contributed by atoms with van der Waals surface area (Å²) in [5.41, 5.74) is 0.0764. The SMILES string of the molecule is CCCNc1cc([N+](=O)[O-])cc(N2CCC(OC)CC2)n1. The number of nitrogens with zero attached hydrogens (tertiary/aromatic N) is 3. The minimum absolute atomic E-state index is 0.0764. The molecule has 116 valence electrons. The number of piperidine rings is 1. The number of nitrogens with one attached hydrogen (secondary N) is 1. The summed E-state index contributed by atoms with van der Waals surface area (Å²) in [7, 11) is 1.72. The fraction of sp³-hybridized carbons (Fsp3) is 0.643. The van der Waals surface area contributed by atoms with Crippen molar-refractivity contribution in [1.82, 2.24) is 4.98 Å². The molecule has 0 aliphatic carbocycles. The number of aromatic nitrogens is 1. The van der Waals surface area contributed by atoms with Crippen molar-refractivity contribution < 1.29 is 9.66 Å². The van der Waals surface area contributed by atoms with Crippen LogP contribution >= 0.6 is 0 Å². The third kappa shape index (κ3) is 4.04. The number of rotatable bonds is 6. The molecule has 0 saturated carbocycles. The number of methoxy groups -OCH3 is 1. The summed E-state index contributed by atoms with van der Waals surface area (Å²) in [6.07, 6.45) is 3.05. The van der Waals surface area contributed by atoms with E-state index in [9.17, 15) is 10.1 Å². The molecule has 2 heterocycles. The van der Waals surface area contributed by atoms with Crippen molar-refractivity contribution in [3.63, 3.8) is 0 Å². The van der Waals surface area contributed by atoms with Crippen molar-refractivity contribution in [1.29, 1.82) is 0 Å². The standard InChI is InChI=1S/C14H22N4O3/c1-3-6-15-13-9-11(18(19)20)10-14(16-13)17-7-4-12(21-2)5-8-17/h9-10,12H,3-8H2,1-2H3,(H,15,16). The summed E-state index contributed by atoms with van der Waals surface area (Å²) >= 11 is 0. The van der Waals surface area contributed by atoms with Gasteiger partial charge in [0.1, 0.15) is 11.6 Å². The monoisotopic (exact) mass is 294 g/mol. The van der Waals surface area contributed by atoms with Crippen LogP contribution in [0.15, 0.2) is 12.1 Å². The summed E-state index contributed by atoms with van der Waals surface area (Å²) in [6, 6.07) is 3.03. The lowest BCUT2D eigenvalue weighted by Gasteiger charge is -2.32. The summed E-state index contributed by atoms with van der Waals surface area (Å²) in [4.78, 5) is 17.3. The van der Waals surface area contributed by atoms with Gasteiger partial charge in [-0.15, -0.1) is 0 Å². The van der Waals surface area contributed by atoms with Crippen LogP contribution in [0.4, 0.5) is 17.3 Å². The normalized spacial score (nSPS) is 16.0. The molecular weight excluding hydrogens is 272 g/mol. The van der Waals surface area contributed by atoms with E-state index in [0.717, 1.165) is 38.9 Å². The molecule has 1 aliphatic rings. The quantitative estimate of drug-likeness (QED) is 0.641. The van der Waals surface area contributed by atoms with Crippen LogP contribution in [0, 0.1) is 10.1 Å². The zero-order chi connectivity index (χ0) is 15.2. The van der Waals surface area contributed by atoms with E-state index < -0.39 is 0 Å². The summed E-state index contributed by atoms with van der Waals surface area (Å²) in [5.74, 6) is 1.23. The van der Waals surface area contributed by atoms with E-state index in [0.29, 0.717) is 11.6 Å². The topological polar surface area (TPSA) is 80.5 Å². The van der Waals surface area contributed by atoms with Crippen LogP contribution in [0.2, 0.25) is 0 Å². The van der Waals surface area contributed by atoms with Gasteiger partial charge >= 0.3 is 0 Å². The van der Waals surface area contributed by atoms with Crippen LogP contribution < -0.4 is 10.2 Å². The van der Waals surface area contributed by atoms with Gasteiger partial charge in [-0.3, -0.25) is 10.1 Å². The molecule has 7 nitrogen and oxygen atoms in total. The number of pyridine rings is 1. The number of hydrogen-bond acceptors (Lipinski definition) is 6. The highest BCUT2D eigenvalue weighted by atomic mass is 16.6. The number of nitro groups is 1. The van der Waals surface area contributed by atoms with Crippen LogP contribution in [0.1, 0.15) is 26.2 Å². The Kier molecular flexibility index (Phi) is 5.32. The largest absolute Gasteiger partial charge is 0.381 e. The van der Waals surface area contributed by atoms with E-state index in [4.69, 9.17) is 4.74 Å². The van der Waals surface area contributed by atoms with E-state index in [-0.39, 0.29) is 16.7 Å². The summed E-state index contributed by atoms with van der Waals surface area (Å²) < 4.78 is 5.35. The highest BCUT2D eigenvalue weighted by molar-refractivity contribution is 5.56. The number of anilines is 2. The van der Waals surface area contributed by atoms with Gasteiger partial charge in [-0.2, -0.15) is 0 Å². The van der Waals surface area contributed by atoms with Gasteiger partial charge in [0.15, 0.2) is 0 Å². The molecule has 0 aromatic carbocycles. The predicted molar refractivity (Wildman–Crippen MR) is 81.9 cm³/mol. The maximum absolute atomic E-state index is 11.1. The van der Waals surface area contributed by atoms with Crippen LogP contribution in [0.25, 0.3) is 0 Å². The first kappa shape index (κ1) is 15.5. The molecule has 2 rings (SSSR count). The molecule has 0 radical (unpaired) electrons. The molecule has 7 heteroatoms. The average Bonchev–Trinajstić information content (AvgIpc) is 2.52. The molecule has 21 heavy (non-hydrogen) atoms. The zero-order valence-electron chi connectivity index (χ0n) is 12.5. The first-order valence-electron chi connectivity index (χ1n) is 7.32. The Hall–Kier alpha value is -1.89. The van der Waals surface area contributed by atoms with Crippen LogP contribution in [0.3, 0.4) is 0 Å². The second-order valence-electron chi connectivity index (χ2n) is 5.17. The first-order valence-corrected chi connectivity index (χ1v) is 7.32. The average molecular weight is 294 g/mol. The lowest BCUT2D eigenvalue weighted by Crippen LogP contribution is -2.37. The Bertz CT molecular complexity index is 487. The Morgan fingerprint density at radius 1 is 1.48 bits per heavy atom. The van der Waals surface area contributed by atoms with E-state index in [1.54, 1.807) is 13.2 Å². The molecule has 1 N–H and O–H groups in total. The molecule has 0 unspecified atom stereocenters. The van der Waals surface area contributed by atoms with Gasteiger partial charge in [-0.1, -0.05) is 6.92 Å². The molecule has 0 spiro atoms. The van der Waals surface area contributed by atoms with E-state index in [2.05, 4.69) is 15.2 Å². The van der Waals surface area contributed by atoms with Gasteiger partial charge < -0.3 is 15.0 Å². The second-order valence-corrected chi connectivity index (χ2v) is 5.17. The molecule has 0 bridgehead atoms. The van der Waals surface area contributed by atoms with E-state index in [1.807, 2.05) is 6.92 Å². The summed E-state index contributed by atoms with van der Waals surface area (Å²) in [5, 5.41) is 14.2. The lowest BCUT2D eigenvalue weighted by atomic mass is 10.1. The van der Waals surface area contributed by atoms with Crippen LogP contribution in [0.5, 0.6) is 0 Å². The third-order valence-corrected chi connectivity index (χ3v) is 3.66. The lowest BCUT2D eigenvalue weighted by molar-refractivity contribution is -0.384. The molecule has 1 aromatic heterocycles. The van der Waals surface area contributed by atoms with Crippen LogP contribution in [-0.2, 0) is 4.74 Å².